The SMILES string of the molecule is CCC1(C(=O)Nc2ccc(OC(C)C)cc2)CCNCC1. The lowest BCUT2D eigenvalue weighted by Gasteiger charge is -2.35. The Kier molecular flexibility index (Phi) is 5.23. The molecule has 1 amide bonds. The monoisotopic (exact) mass is 290 g/mol. The molecule has 0 saturated carbocycles. The van der Waals surface area contributed by atoms with Gasteiger partial charge in [0.05, 0.1) is 11.5 Å². The van der Waals surface area contributed by atoms with Gasteiger partial charge >= 0.3 is 0 Å². The van der Waals surface area contributed by atoms with Crippen LogP contribution in [-0.2, 0) is 4.79 Å². The largest absolute Gasteiger partial charge is 0.491 e. The summed E-state index contributed by atoms with van der Waals surface area (Å²) in [5, 5.41) is 6.38. The first kappa shape index (κ1) is 15.8. The van der Waals surface area contributed by atoms with Crippen LogP contribution in [0.1, 0.15) is 40.0 Å². The highest BCUT2D eigenvalue weighted by atomic mass is 16.5. The number of carbonyl (C=O) groups is 1. The molecule has 1 aromatic rings. The Morgan fingerprint density at radius 1 is 1.29 bits per heavy atom. The van der Waals surface area contributed by atoms with Gasteiger partial charge < -0.3 is 15.4 Å². The molecule has 1 heterocycles. The first-order valence-corrected chi connectivity index (χ1v) is 7.84. The first-order chi connectivity index (χ1) is 10.1. The van der Waals surface area contributed by atoms with Crippen LogP contribution in [0.5, 0.6) is 5.75 Å². The van der Waals surface area contributed by atoms with Gasteiger partial charge in [0, 0.05) is 5.69 Å². The number of ether oxygens (including phenoxy) is 1. The van der Waals surface area contributed by atoms with Gasteiger partial charge in [-0.05, 0) is 70.5 Å². The number of hydrogen-bond acceptors (Lipinski definition) is 3. The van der Waals surface area contributed by atoms with Crippen LogP contribution in [-0.4, -0.2) is 25.1 Å². The predicted molar refractivity (Wildman–Crippen MR) is 85.7 cm³/mol. The zero-order valence-corrected chi connectivity index (χ0v) is 13.2. The normalized spacial score (nSPS) is 17.5. The van der Waals surface area contributed by atoms with Crippen LogP contribution in [0.25, 0.3) is 0 Å². The summed E-state index contributed by atoms with van der Waals surface area (Å²) < 4.78 is 5.61. The fourth-order valence-electron chi connectivity index (χ4n) is 2.80. The van der Waals surface area contributed by atoms with Crippen LogP contribution < -0.4 is 15.4 Å². The van der Waals surface area contributed by atoms with E-state index in [1.807, 2.05) is 38.1 Å². The standard InChI is InChI=1S/C17H26N2O2/c1-4-17(9-11-18-12-10-17)16(20)19-14-5-7-15(8-6-14)21-13(2)3/h5-8,13,18H,4,9-12H2,1-3H3,(H,19,20). The molecule has 4 nitrogen and oxygen atoms in total. The van der Waals surface area contributed by atoms with Crippen molar-refractivity contribution in [3.05, 3.63) is 24.3 Å². The number of carbonyl (C=O) groups excluding carboxylic acids is 1. The minimum atomic E-state index is -0.224. The molecule has 1 aliphatic heterocycles. The van der Waals surface area contributed by atoms with Crippen molar-refractivity contribution in [3.8, 4) is 5.75 Å². The molecule has 1 saturated heterocycles. The van der Waals surface area contributed by atoms with Crippen molar-refractivity contribution in [2.45, 2.75) is 46.1 Å². The number of rotatable bonds is 5. The lowest BCUT2D eigenvalue weighted by atomic mass is 9.76. The molecule has 0 atom stereocenters. The van der Waals surface area contributed by atoms with Crippen LogP contribution in [0, 0.1) is 5.41 Å². The lowest BCUT2D eigenvalue weighted by molar-refractivity contribution is -0.127. The molecule has 0 bridgehead atoms. The Labute approximate surface area is 127 Å². The first-order valence-electron chi connectivity index (χ1n) is 7.84. The molecule has 4 heteroatoms. The van der Waals surface area contributed by atoms with Crippen molar-refractivity contribution in [1.29, 1.82) is 0 Å². The predicted octanol–water partition coefficient (Wildman–Crippen LogP) is 3.19. The highest BCUT2D eigenvalue weighted by Crippen LogP contribution is 2.34. The van der Waals surface area contributed by atoms with Gasteiger partial charge in [0.25, 0.3) is 0 Å². The van der Waals surface area contributed by atoms with Crippen molar-refractivity contribution in [2.24, 2.45) is 5.41 Å². The molecule has 1 aromatic carbocycles. The summed E-state index contributed by atoms with van der Waals surface area (Å²) >= 11 is 0. The van der Waals surface area contributed by atoms with Crippen LogP contribution in [0.2, 0.25) is 0 Å². The Balaban J connectivity index is 2.01. The number of benzene rings is 1. The Bertz CT molecular complexity index is 462. The summed E-state index contributed by atoms with van der Waals surface area (Å²) in [6.07, 6.45) is 2.85. The quantitative estimate of drug-likeness (QED) is 0.875. The minimum Gasteiger partial charge on any atom is -0.491 e. The molecule has 2 rings (SSSR count). The van der Waals surface area contributed by atoms with Crippen LogP contribution in [0.4, 0.5) is 5.69 Å². The van der Waals surface area contributed by atoms with Crippen molar-refractivity contribution in [1.82, 2.24) is 5.32 Å². The van der Waals surface area contributed by atoms with E-state index < -0.39 is 0 Å². The van der Waals surface area contributed by atoms with E-state index in [9.17, 15) is 4.79 Å². The number of piperidine rings is 1. The van der Waals surface area contributed by atoms with Crippen LogP contribution in [0.15, 0.2) is 24.3 Å². The summed E-state index contributed by atoms with van der Waals surface area (Å²) in [5.74, 6) is 0.971. The second kappa shape index (κ2) is 6.94. The molecule has 0 unspecified atom stereocenters. The van der Waals surface area contributed by atoms with Crippen LogP contribution >= 0.6 is 0 Å². The average molecular weight is 290 g/mol. The maximum absolute atomic E-state index is 12.6. The Hall–Kier alpha value is -1.55. The van der Waals surface area contributed by atoms with E-state index in [1.165, 1.54) is 0 Å². The van der Waals surface area contributed by atoms with E-state index in [1.54, 1.807) is 0 Å². The van der Waals surface area contributed by atoms with E-state index in [4.69, 9.17) is 4.74 Å². The van der Waals surface area contributed by atoms with E-state index in [0.717, 1.165) is 43.8 Å². The zero-order chi connectivity index (χ0) is 15.3. The third-order valence-electron chi connectivity index (χ3n) is 4.20. The van der Waals surface area contributed by atoms with E-state index in [2.05, 4.69) is 17.6 Å². The van der Waals surface area contributed by atoms with E-state index >= 15 is 0 Å². The van der Waals surface area contributed by atoms with Crippen molar-refractivity contribution < 1.29 is 9.53 Å². The summed E-state index contributed by atoms with van der Waals surface area (Å²) in [7, 11) is 0. The maximum Gasteiger partial charge on any atom is 0.230 e. The van der Waals surface area contributed by atoms with Crippen molar-refractivity contribution >= 4 is 11.6 Å². The van der Waals surface area contributed by atoms with Gasteiger partial charge in [0.15, 0.2) is 0 Å². The topological polar surface area (TPSA) is 50.4 Å². The molecule has 0 aliphatic carbocycles. The van der Waals surface area contributed by atoms with Crippen molar-refractivity contribution in [3.63, 3.8) is 0 Å². The molecule has 1 fully saturated rings. The lowest BCUT2D eigenvalue weighted by Crippen LogP contribution is -2.44. The fourth-order valence-corrected chi connectivity index (χ4v) is 2.80. The highest BCUT2D eigenvalue weighted by molar-refractivity contribution is 5.95. The average Bonchev–Trinajstić information content (AvgIpc) is 2.49. The second-order valence-corrected chi connectivity index (χ2v) is 6.03. The van der Waals surface area contributed by atoms with Crippen molar-refractivity contribution in [2.75, 3.05) is 18.4 Å². The van der Waals surface area contributed by atoms with Gasteiger partial charge in [0.2, 0.25) is 5.91 Å². The number of anilines is 1. The number of nitrogens with one attached hydrogen (secondary N) is 2. The summed E-state index contributed by atoms with van der Waals surface area (Å²) in [6.45, 7) is 7.94. The van der Waals surface area contributed by atoms with E-state index in [0.29, 0.717) is 0 Å². The number of amides is 1. The third-order valence-corrected chi connectivity index (χ3v) is 4.20. The molecular formula is C17H26N2O2. The van der Waals surface area contributed by atoms with Crippen LogP contribution in [0.3, 0.4) is 0 Å². The zero-order valence-electron chi connectivity index (χ0n) is 13.2. The summed E-state index contributed by atoms with van der Waals surface area (Å²) in [6, 6.07) is 7.60. The van der Waals surface area contributed by atoms with Gasteiger partial charge in [-0.1, -0.05) is 6.92 Å². The number of hydrogen-bond donors (Lipinski definition) is 2. The molecule has 2 N–H and O–H groups in total. The third kappa shape index (κ3) is 3.97. The molecule has 1 aliphatic rings. The molecule has 0 spiro atoms. The minimum absolute atomic E-state index is 0.143. The fraction of sp³-hybridized carbons (Fsp3) is 0.588. The highest BCUT2D eigenvalue weighted by Gasteiger charge is 2.37. The van der Waals surface area contributed by atoms with Gasteiger partial charge in [-0.15, -0.1) is 0 Å². The summed E-state index contributed by atoms with van der Waals surface area (Å²) in [5.41, 5.74) is 0.612. The maximum atomic E-state index is 12.6. The Morgan fingerprint density at radius 3 is 2.43 bits per heavy atom. The molecule has 0 radical (unpaired) electrons. The Morgan fingerprint density at radius 2 is 1.90 bits per heavy atom. The molecular weight excluding hydrogens is 264 g/mol. The van der Waals surface area contributed by atoms with Gasteiger partial charge in [0.1, 0.15) is 5.75 Å². The summed E-state index contributed by atoms with van der Waals surface area (Å²) in [4.78, 5) is 12.6. The van der Waals surface area contributed by atoms with E-state index in [-0.39, 0.29) is 17.4 Å². The van der Waals surface area contributed by atoms with Gasteiger partial charge in [-0.3, -0.25) is 4.79 Å². The van der Waals surface area contributed by atoms with Gasteiger partial charge in [-0.2, -0.15) is 0 Å². The van der Waals surface area contributed by atoms with Gasteiger partial charge in [-0.25, -0.2) is 0 Å². The second-order valence-electron chi connectivity index (χ2n) is 6.03. The smallest absolute Gasteiger partial charge is 0.230 e. The molecule has 116 valence electrons. The molecule has 0 aromatic heterocycles. The molecule has 21 heavy (non-hydrogen) atoms.